The highest BCUT2D eigenvalue weighted by Gasteiger charge is 2.05. The van der Waals surface area contributed by atoms with Crippen molar-refractivity contribution < 1.29 is 9.53 Å². The molecular weight excluding hydrogens is 258 g/mol. The Bertz CT molecular complexity index is 392. The molecule has 0 fully saturated rings. The van der Waals surface area contributed by atoms with Crippen molar-refractivity contribution in [3.05, 3.63) is 29.3 Å². The van der Waals surface area contributed by atoms with Crippen LogP contribution in [0.4, 0.5) is 0 Å². The number of aldehydes is 1. The molecule has 0 saturated carbocycles. The highest BCUT2D eigenvalue weighted by atomic mass is 32.2. The predicted octanol–water partition coefficient (Wildman–Crippen LogP) is 3.08. The second-order valence-electron chi connectivity index (χ2n) is 4.27. The molecule has 0 heterocycles. The lowest BCUT2D eigenvalue weighted by atomic mass is 10.1. The summed E-state index contributed by atoms with van der Waals surface area (Å²) in [6.07, 6.45) is 0.878. The van der Waals surface area contributed by atoms with E-state index in [0.29, 0.717) is 5.56 Å². The van der Waals surface area contributed by atoms with Crippen molar-refractivity contribution in [1.82, 2.24) is 4.90 Å². The molecule has 0 N–H and O–H groups in total. The normalized spacial score (nSPS) is 10.7. The molecule has 1 rings (SSSR count). The Morgan fingerprint density at radius 1 is 1.32 bits per heavy atom. The average molecular weight is 281 g/mol. The van der Waals surface area contributed by atoms with Crippen LogP contribution in [0, 0.1) is 0 Å². The first-order chi connectivity index (χ1) is 9.24. The van der Waals surface area contributed by atoms with Gasteiger partial charge in [0.25, 0.3) is 0 Å². The number of hydrogen-bond acceptors (Lipinski definition) is 4. The molecule has 0 unspecified atom stereocenters. The van der Waals surface area contributed by atoms with Gasteiger partial charge in [-0.1, -0.05) is 13.8 Å². The predicted molar refractivity (Wildman–Crippen MR) is 82.3 cm³/mol. The van der Waals surface area contributed by atoms with Crippen LogP contribution in [0.2, 0.25) is 0 Å². The lowest BCUT2D eigenvalue weighted by Crippen LogP contribution is -2.25. The zero-order valence-electron chi connectivity index (χ0n) is 12.0. The second kappa shape index (κ2) is 8.99. The molecule has 0 saturated heterocycles. The van der Waals surface area contributed by atoms with Gasteiger partial charge in [-0.05, 0) is 31.3 Å². The molecule has 0 aliphatic heterocycles. The van der Waals surface area contributed by atoms with Gasteiger partial charge in [-0.3, -0.25) is 4.79 Å². The molecule has 1 aromatic carbocycles. The van der Waals surface area contributed by atoms with Gasteiger partial charge in [-0.25, -0.2) is 0 Å². The number of benzene rings is 1. The number of rotatable bonds is 9. The summed E-state index contributed by atoms with van der Waals surface area (Å²) in [6.45, 7) is 7.67. The van der Waals surface area contributed by atoms with Crippen molar-refractivity contribution in [2.45, 2.75) is 19.6 Å². The third-order valence-electron chi connectivity index (χ3n) is 3.14. The van der Waals surface area contributed by atoms with Gasteiger partial charge in [-0.15, -0.1) is 0 Å². The monoisotopic (exact) mass is 281 g/mol. The van der Waals surface area contributed by atoms with E-state index in [9.17, 15) is 4.79 Å². The number of hydrogen-bond donors (Lipinski definition) is 0. The Morgan fingerprint density at radius 2 is 2.05 bits per heavy atom. The highest BCUT2D eigenvalue weighted by Crippen LogP contribution is 2.24. The zero-order valence-corrected chi connectivity index (χ0v) is 12.8. The molecule has 0 aliphatic rings. The van der Waals surface area contributed by atoms with E-state index in [1.54, 1.807) is 13.2 Å². The van der Waals surface area contributed by atoms with E-state index in [1.165, 1.54) is 0 Å². The molecule has 0 atom stereocenters. The number of nitrogens with zero attached hydrogens (tertiary/aromatic N) is 1. The van der Waals surface area contributed by atoms with Crippen LogP contribution in [-0.2, 0) is 5.75 Å². The summed E-state index contributed by atoms with van der Waals surface area (Å²) in [6, 6.07) is 5.57. The van der Waals surface area contributed by atoms with Gasteiger partial charge in [0.2, 0.25) is 0 Å². The molecular formula is C15H23NO2S. The Labute approximate surface area is 120 Å². The minimum absolute atomic E-state index is 0.708. The highest BCUT2D eigenvalue weighted by molar-refractivity contribution is 7.98. The molecule has 0 amide bonds. The Balaban J connectivity index is 2.49. The molecule has 0 aliphatic carbocycles. The van der Waals surface area contributed by atoms with Crippen LogP contribution >= 0.6 is 11.8 Å². The quantitative estimate of drug-likeness (QED) is 0.514. The van der Waals surface area contributed by atoms with Crippen molar-refractivity contribution in [2.24, 2.45) is 0 Å². The van der Waals surface area contributed by atoms with Gasteiger partial charge >= 0.3 is 0 Å². The van der Waals surface area contributed by atoms with Crippen LogP contribution in [0.3, 0.4) is 0 Å². The summed E-state index contributed by atoms with van der Waals surface area (Å²) in [5, 5.41) is 0. The van der Waals surface area contributed by atoms with E-state index in [2.05, 4.69) is 18.7 Å². The lowest BCUT2D eigenvalue weighted by Gasteiger charge is -2.17. The van der Waals surface area contributed by atoms with Gasteiger partial charge in [0.15, 0.2) is 0 Å². The Morgan fingerprint density at radius 3 is 2.63 bits per heavy atom. The van der Waals surface area contributed by atoms with Crippen molar-refractivity contribution in [1.29, 1.82) is 0 Å². The molecule has 4 heteroatoms. The summed E-state index contributed by atoms with van der Waals surface area (Å²) >= 11 is 1.88. The standard InChI is InChI=1S/C15H23NO2S/c1-4-16(5-2)8-9-19-12-14-10-13(11-17)6-7-15(14)18-3/h6-7,10-11H,4-5,8-9,12H2,1-3H3. The van der Waals surface area contributed by atoms with Crippen LogP contribution in [-0.4, -0.2) is 43.7 Å². The third kappa shape index (κ3) is 5.25. The minimum Gasteiger partial charge on any atom is -0.496 e. The summed E-state index contributed by atoms with van der Waals surface area (Å²) in [4.78, 5) is 13.2. The maximum absolute atomic E-state index is 10.8. The largest absolute Gasteiger partial charge is 0.496 e. The molecule has 1 aromatic rings. The SMILES string of the molecule is CCN(CC)CCSCc1cc(C=O)ccc1OC. The van der Waals surface area contributed by atoms with Gasteiger partial charge < -0.3 is 9.64 Å². The van der Waals surface area contributed by atoms with E-state index in [-0.39, 0.29) is 0 Å². The average Bonchev–Trinajstić information content (AvgIpc) is 2.47. The molecule has 0 bridgehead atoms. The van der Waals surface area contributed by atoms with E-state index in [0.717, 1.165) is 48.7 Å². The fraction of sp³-hybridized carbons (Fsp3) is 0.533. The fourth-order valence-corrected chi connectivity index (χ4v) is 2.88. The van der Waals surface area contributed by atoms with Crippen LogP contribution in [0.25, 0.3) is 0 Å². The second-order valence-corrected chi connectivity index (χ2v) is 5.37. The first kappa shape index (κ1) is 16.1. The van der Waals surface area contributed by atoms with Crippen molar-refractivity contribution in [2.75, 3.05) is 32.5 Å². The van der Waals surface area contributed by atoms with Crippen LogP contribution in [0.1, 0.15) is 29.8 Å². The smallest absolute Gasteiger partial charge is 0.150 e. The Kier molecular flexibility index (Phi) is 7.60. The van der Waals surface area contributed by atoms with Crippen LogP contribution < -0.4 is 4.74 Å². The summed E-state index contributed by atoms with van der Waals surface area (Å²) < 4.78 is 5.33. The molecule has 106 valence electrons. The van der Waals surface area contributed by atoms with Gasteiger partial charge in [0.1, 0.15) is 12.0 Å². The van der Waals surface area contributed by atoms with Crippen molar-refractivity contribution in [3.8, 4) is 5.75 Å². The minimum atomic E-state index is 0.708. The zero-order chi connectivity index (χ0) is 14.1. The van der Waals surface area contributed by atoms with Gasteiger partial charge in [0.05, 0.1) is 7.11 Å². The number of carbonyl (C=O) groups is 1. The van der Waals surface area contributed by atoms with E-state index in [4.69, 9.17) is 4.74 Å². The maximum Gasteiger partial charge on any atom is 0.150 e. The lowest BCUT2D eigenvalue weighted by molar-refractivity contribution is 0.112. The third-order valence-corrected chi connectivity index (χ3v) is 4.13. The first-order valence-electron chi connectivity index (χ1n) is 6.67. The van der Waals surface area contributed by atoms with Crippen molar-refractivity contribution >= 4 is 18.0 Å². The fourth-order valence-electron chi connectivity index (χ4n) is 1.90. The molecule has 0 aromatic heterocycles. The summed E-state index contributed by atoms with van der Waals surface area (Å²) in [5.74, 6) is 2.84. The van der Waals surface area contributed by atoms with E-state index < -0.39 is 0 Å². The van der Waals surface area contributed by atoms with Crippen molar-refractivity contribution in [3.63, 3.8) is 0 Å². The first-order valence-corrected chi connectivity index (χ1v) is 7.82. The molecule has 3 nitrogen and oxygen atoms in total. The van der Waals surface area contributed by atoms with Crippen LogP contribution in [0.15, 0.2) is 18.2 Å². The topological polar surface area (TPSA) is 29.5 Å². The Hall–Kier alpha value is -1.00. The number of ether oxygens (including phenoxy) is 1. The maximum atomic E-state index is 10.8. The molecule has 0 radical (unpaired) electrons. The van der Waals surface area contributed by atoms with Crippen LogP contribution in [0.5, 0.6) is 5.75 Å². The van der Waals surface area contributed by atoms with Gasteiger partial charge in [-0.2, -0.15) is 11.8 Å². The van der Waals surface area contributed by atoms with Gasteiger partial charge in [0, 0.05) is 29.2 Å². The number of thioether (sulfide) groups is 1. The van der Waals surface area contributed by atoms with E-state index in [1.807, 2.05) is 23.9 Å². The summed E-state index contributed by atoms with van der Waals surface area (Å²) in [5.41, 5.74) is 1.80. The van der Waals surface area contributed by atoms with E-state index >= 15 is 0 Å². The molecule has 0 spiro atoms. The number of carbonyl (C=O) groups excluding carboxylic acids is 1. The number of methoxy groups -OCH3 is 1. The summed E-state index contributed by atoms with van der Waals surface area (Å²) in [7, 11) is 1.67. The molecule has 19 heavy (non-hydrogen) atoms.